The fourth-order valence-electron chi connectivity index (χ4n) is 3.00. The monoisotopic (exact) mass is 415 g/mol. The van der Waals surface area contributed by atoms with Gasteiger partial charge in [0.15, 0.2) is 11.5 Å². The molecule has 3 rings (SSSR count). The van der Waals surface area contributed by atoms with Crippen molar-refractivity contribution in [3.63, 3.8) is 0 Å². The highest BCUT2D eigenvalue weighted by molar-refractivity contribution is 7.09. The lowest BCUT2D eigenvalue weighted by atomic mass is 10.2. The van der Waals surface area contributed by atoms with E-state index < -0.39 is 0 Å². The Kier molecular flexibility index (Phi) is 6.66. The van der Waals surface area contributed by atoms with Crippen molar-refractivity contribution in [2.75, 3.05) is 26.6 Å². The van der Waals surface area contributed by atoms with Gasteiger partial charge in [0, 0.05) is 35.9 Å². The molecule has 0 unspecified atom stereocenters. The van der Waals surface area contributed by atoms with Crippen LogP contribution in [0.5, 0.6) is 17.2 Å². The molecule has 0 atom stereocenters. The van der Waals surface area contributed by atoms with E-state index in [1.54, 1.807) is 49.7 Å². The number of carbonyl (C=O) groups is 1. The van der Waals surface area contributed by atoms with Gasteiger partial charge in [0.05, 0.1) is 40.1 Å². The number of aryl methyl sites for hydroxylation is 1. The van der Waals surface area contributed by atoms with Crippen LogP contribution in [0, 0.1) is 0 Å². The standard InChI is InChI=1S/C21H25N3O4S/c1-23-9-5-7-16(23)13-24(14-17-8-6-10-29-17)21(25)22-15-11-18(26-2)20(28-4)19(12-15)27-3/h5-12H,13-14H2,1-4H3,(H,22,25). The van der Waals surface area contributed by atoms with Gasteiger partial charge in [-0.1, -0.05) is 6.07 Å². The van der Waals surface area contributed by atoms with Crippen LogP contribution in [0.4, 0.5) is 10.5 Å². The third-order valence-electron chi connectivity index (χ3n) is 4.53. The van der Waals surface area contributed by atoms with Gasteiger partial charge in [-0.2, -0.15) is 0 Å². The second-order valence-electron chi connectivity index (χ2n) is 6.39. The minimum absolute atomic E-state index is 0.214. The van der Waals surface area contributed by atoms with E-state index in [1.165, 1.54) is 0 Å². The number of thiophene rings is 1. The van der Waals surface area contributed by atoms with E-state index in [0.29, 0.717) is 36.0 Å². The van der Waals surface area contributed by atoms with Gasteiger partial charge in [-0.05, 0) is 23.6 Å². The quantitative estimate of drug-likeness (QED) is 0.594. The number of urea groups is 1. The molecule has 7 nitrogen and oxygen atoms in total. The number of ether oxygens (including phenoxy) is 3. The molecule has 154 valence electrons. The van der Waals surface area contributed by atoms with Crippen molar-refractivity contribution in [1.29, 1.82) is 0 Å². The van der Waals surface area contributed by atoms with E-state index in [9.17, 15) is 4.79 Å². The fourth-order valence-corrected chi connectivity index (χ4v) is 3.72. The molecule has 0 aliphatic carbocycles. The number of hydrogen-bond donors (Lipinski definition) is 1. The summed E-state index contributed by atoms with van der Waals surface area (Å²) in [6.45, 7) is 0.997. The molecular weight excluding hydrogens is 390 g/mol. The molecule has 2 heterocycles. The zero-order chi connectivity index (χ0) is 20.8. The lowest BCUT2D eigenvalue weighted by Crippen LogP contribution is -2.34. The topological polar surface area (TPSA) is 65.0 Å². The van der Waals surface area contributed by atoms with Crippen LogP contribution in [-0.2, 0) is 20.1 Å². The zero-order valence-electron chi connectivity index (χ0n) is 17.0. The van der Waals surface area contributed by atoms with Crippen LogP contribution < -0.4 is 19.5 Å². The molecule has 8 heteroatoms. The van der Waals surface area contributed by atoms with Crippen molar-refractivity contribution in [1.82, 2.24) is 9.47 Å². The molecule has 0 bridgehead atoms. The molecule has 29 heavy (non-hydrogen) atoms. The second-order valence-corrected chi connectivity index (χ2v) is 7.42. The largest absolute Gasteiger partial charge is 0.493 e. The number of hydrogen-bond acceptors (Lipinski definition) is 5. The first-order chi connectivity index (χ1) is 14.0. The van der Waals surface area contributed by atoms with Crippen LogP contribution in [0.15, 0.2) is 48.0 Å². The van der Waals surface area contributed by atoms with E-state index in [2.05, 4.69) is 5.32 Å². The first kappa shape index (κ1) is 20.6. The van der Waals surface area contributed by atoms with Gasteiger partial charge in [-0.25, -0.2) is 4.79 Å². The molecule has 3 aromatic rings. The van der Waals surface area contributed by atoms with Gasteiger partial charge in [-0.15, -0.1) is 11.3 Å². The van der Waals surface area contributed by atoms with Crippen molar-refractivity contribution >= 4 is 23.1 Å². The highest BCUT2D eigenvalue weighted by Crippen LogP contribution is 2.40. The Labute approximate surface area is 174 Å². The number of rotatable bonds is 8. The summed E-state index contributed by atoms with van der Waals surface area (Å²) in [5, 5.41) is 4.96. The van der Waals surface area contributed by atoms with Gasteiger partial charge >= 0.3 is 6.03 Å². The Balaban J connectivity index is 1.84. The maximum Gasteiger partial charge on any atom is 0.322 e. The molecule has 2 aromatic heterocycles. The number of carbonyl (C=O) groups excluding carboxylic acids is 1. The lowest BCUT2D eigenvalue weighted by Gasteiger charge is -2.23. The Hall–Kier alpha value is -3.13. The minimum atomic E-state index is -0.214. The van der Waals surface area contributed by atoms with Crippen LogP contribution in [0.1, 0.15) is 10.6 Å². The third kappa shape index (κ3) is 4.83. The molecule has 0 spiro atoms. The highest BCUT2D eigenvalue weighted by Gasteiger charge is 2.19. The normalized spacial score (nSPS) is 10.5. The lowest BCUT2D eigenvalue weighted by molar-refractivity contribution is 0.205. The summed E-state index contributed by atoms with van der Waals surface area (Å²) in [4.78, 5) is 16.0. The SMILES string of the molecule is COc1cc(NC(=O)N(Cc2cccs2)Cc2cccn2C)cc(OC)c1OC. The number of nitrogens with one attached hydrogen (secondary N) is 1. The maximum absolute atomic E-state index is 13.1. The Morgan fingerprint density at radius 3 is 2.31 bits per heavy atom. The summed E-state index contributed by atoms with van der Waals surface area (Å²) >= 11 is 1.62. The Morgan fingerprint density at radius 2 is 1.79 bits per heavy atom. The van der Waals surface area contributed by atoms with Crippen LogP contribution in [-0.4, -0.2) is 36.8 Å². The number of amides is 2. The van der Waals surface area contributed by atoms with Crippen molar-refractivity contribution in [2.24, 2.45) is 7.05 Å². The minimum Gasteiger partial charge on any atom is -0.493 e. The van der Waals surface area contributed by atoms with Crippen LogP contribution in [0.3, 0.4) is 0 Å². The average molecular weight is 416 g/mol. The number of nitrogens with zero attached hydrogens (tertiary/aromatic N) is 2. The molecule has 0 aliphatic rings. The van der Waals surface area contributed by atoms with Gasteiger partial charge in [-0.3, -0.25) is 0 Å². The third-order valence-corrected chi connectivity index (χ3v) is 5.40. The number of benzene rings is 1. The molecule has 0 aliphatic heterocycles. The molecule has 2 amide bonds. The molecule has 0 saturated heterocycles. The van der Waals surface area contributed by atoms with Crippen LogP contribution >= 0.6 is 11.3 Å². The summed E-state index contributed by atoms with van der Waals surface area (Å²) in [6.07, 6.45) is 1.97. The highest BCUT2D eigenvalue weighted by atomic mass is 32.1. The Bertz CT molecular complexity index is 928. The van der Waals surface area contributed by atoms with E-state index in [0.717, 1.165) is 10.6 Å². The summed E-state index contributed by atoms with van der Waals surface area (Å²) in [5.74, 6) is 1.44. The number of anilines is 1. The molecule has 0 radical (unpaired) electrons. The van der Waals surface area contributed by atoms with Gasteiger partial charge in [0.25, 0.3) is 0 Å². The smallest absolute Gasteiger partial charge is 0.322 e. The summed E-state index contributed by atoms with van der Waals surface area (Å²) in [7, 11) is 6.60. The van der Waals surface area contributed by atoms with Crippen molar-refractivity contribution in [3.8, 4) is 17.2 Å². The zero-order valence-corrected chi connectivity index (χ0v) is 17.8. The number of methoxy groups -OCH3 is 3. The van der Waals surface area contributed by atoms with E-state index in [1.807, 2.05) is 47.5 Å². The Morgan fingerprint density at radius 1 is 1.07 bits per heavy atom. The van der Waals surface area contributed by atoms with E-state index >= 15 is 0 Å². The number of aromatic nitrogens is 1. The van der Waals surface area contributed by atoms with Crippen LogP contribution in [0.2, 0.25) is 0 Å². The van der Waals surface area contributed by atoms with Crippen LogP contribution in [0.25, 0.3) is 0 Å². The summed E-state index contributed by atoms with van der Waals surface area (Å²) < 4.78 is 18.1. The molecular formula is C21H25N3O4S. The molecule has 1 aromatic carbocycles. The fraction of sp³-hybridized carbons (Fsp3) is 0.286. The molecule has 0 saturated carbocycles. The molecule has 0 fully saturated rings. The first-order valence-electron chi connectivity index (χ1n) is 9.04. The summed E-state index contributed by atoms with van der Waals surface area (Å²) in [5.41, 5.74) is 1.61. The molecule has 1 N–H and O–H groups in total. The van der Waals surface area contributed by atoms with Crippen molar-refractivity contribution < 1.29 is 19.0 Å². The van der Waals surface area contributed by atoms with Crippen molar-refractivity contribution in [3.05, 3.63) is 58.5 Å². The predicted octanol–water partition coefficient (Wildman–Crippen LogP) is 4.35. The second kappa shape index (κ2) is 9.38. The van der Waals surface area contributed by atoms with Gasteiger partial charge in [0.2, 0.25) is 5.75 Å². The van der Waals surface area contributed by atoms with E-state index in [-0.39, 0.29) is 6.03 Å². The predicted molar refractivity (Wildman–Crippen MR) is 114 cm³/mol. The van der Waals surface area contributed by atoms with Crippen molar-refractivity contribution in [2.45, 2.75) is 13.1 Å². The summed E-state index contributed by atoms with van der Waals surface area (Å²) in [6, 6.07) is 11.2. The maximum atomic E-state index is 13.1. The van der Waals surface area contributed by atoms with Gasteiger partial charge < -0.3 is 29.0 Å². The van der Waals surface area contributed by atoms with Gasteiger partial charge in [0.1, 0.15) is 0 Å². The first-order valence-corrected chi connectivity index (χ1v) is 9.92. The van der Waals surface area contributed by atoms with E-state index in [4.69, 9.17) is 14.2 Å². The average Bonchev–Trinajstić information content (AvgIpc) is 3.38.